The van der Waals surface area contributed by atoms with Gasteiger partial charge in [0, 0.05) is 36.7 Å². The van der Waals surface area contributed by atoms with Crippen molar-refractivity contribution in [2.75, 3.05) is 13.1 Å². The molecule has 4 nitrogen and oxygen atoms in total. The van der Waals surface area contributed by atoms with Crippen LogP contribution >= 0.6 is 0 Å². The van der Waals surface area contributed by atoms with Gasteiger partial charge in [-0.15, -0.1) is 0 Å². The minimum absolute atomic E-state index is 0.426. The van der Waals surface area contributed by atoms with Gasteiger partial charge in [0.15, 0.2) is 0 Å². The van der Waals surface area contributed by atoms with Crippen molar-refractivity contribution < 1.29 is 4.79 Å². The number of aryl methyl sites for hydroxylation is 2. The molecule has 1 unspecified atom stereocenters. The van der Waals surface area contributed by atoms with E-state index in [-0.39, 0.29) is 0 Å². The maximum absolute atomic E-state index is 10.7. The molecule has 3 heterocycles. The number of carbonyl (C=O) groups is 1. The Bertz CT molecular complexity index is 478. The molecule has 2 fully saturated rings. The lowest BCUT2D eigenvalue weighted by Gasteiger charge is -2.46. The normalized spacial score (nSPS) is 28.2. The van der Waals surface area contributed by atoms with Gasteiger partial charge in [-0.05, 0) is 44.6 Å². The highest BCUT2D eigenvalue weighted by Crippen LogP contribution is 2.51. The maximum Gasteiger partial charge on any atom is 0.209 e. The quantitative estimate of drug-likeness (QED) is 0.761. The fourth-order valence-electron chi connectivity index (χ4n) is 4.28. The van der Waals surface area contributed by atoms with Crippen LogP contribution in [-0.2, 0) is 17.8 Å². The Kier molecular flexibility index (Phi) is 2.47. The minimum Gasteiger partial charge on any atom is -0.344 e. The van der Waals surface area contributed by atoms with Crippen LogP contribution in [0.1, 0.15) is 49.4 Å². The summed E-state index contributed by atoms with van der Waals surface area (Å²) in [6, 6.07) is 2.35. The summed E-state index contributed by atoms with van der Waals surface area (Å²) in [7, 11) is 0. The number of nitrogens with zero attached hydrogens (tertiary/aromatic N) is 3. The van der Waals surface area contributed by atoms with E-state index in [0.717, 1.165) is 26.0 Å². The van der Waals surface area contributed by atoms with Crippen LogP contribution in [0, 0.1) is 5.41 Å². The molecule has 1 aromatic rings. The zero-order chi connectivity index (χ0) is 12.9. The van der Waals surface area contributed by atoms with Gasteiger partial charge in [0.1, 0.15) is 0 Å². The smallest absolute Gasteiger partial charge is 0.209 e. The van der Waals surface area contributed by atoms with Crippen molar-refractivity contribution in [1.29, 1.82) is 0 Å². The Balaban J connectivity index is 1.49. The minimum atomic E-state index is 0.426. The Morgan fingerprint density at radius 1 is 1.37 bits per heavy atom. The summed E-state index contributed by atoms with van der Waals surface area (Å²) in [4.78, 5) is 12.6. The maximum atomic E-state index is 10.7. The molecule has 4 rings (SSSR count). The number of aromatic nitrogens is 2. The lowest BCUT2D eigenvalue weighted by molar-refractivity contribution is -0.129. The first-order valence-electron chi connectivity index (χ1n) is 7.54. The van der Waals surface area contributed by atoms with Gasteiger partial charge in [-0.1, -0.05) is 0 Å². The summed E-state index contributed by atoms with van der Waals surface area (Å²) >= 11 is 0. The fraction of sp³-hybridized carbons (Fsp3) is 0.733. The van der Waals surface area contributed by atoms with Crippen LogP contribution in [0.3, 0.4) is 0 Å². The highest BCUT2D eigenvalue weighted by atomic mass is 16.1. The second kappa shape index (κ2) is 4.09. The molecular weight excluding hydrogens is 238 g/mol. The van der Waals surface area contributed by atoms with Crippen LogP contribution in [0.2, 0.25) is 0 Å². The molecule has 4 heteroatoms. The van der Waals surface area contributed by atoms with Gasteiger partial charge in [-0.3, -0.25) is 9.48 Å². The highest BCUT2D eigenvalue weighted by Gasteiger charge is 2.48. The second-order valence-corrected chi connectivity index (χ2v) is 6.69. The molecule has 102 valence electrons. The van der Waals surface area contributed by atoms with Gasteiger partial charge < -0.3 is 4.90 Å². The molecule has 1 spiro atoms. The van der Waals surface area contributed by atoms with E-state index >= 15 is 0 Å². The van der Waals surface area contributed by atoms with E-state index in [1.807, 2.05) is 4.90 Å². The summed E-state index contributed by atoms with van der Waals surface area (Å²) in [5.41, 5.74) is 3.18. The van der Waals surface area contributed by atoms with E-state index in [4.69, 9.17) is 5.10 Å². The van der Waals surface area contributed by atoms with Crippen LogP contribution in [0.5, 0.6) is 0 Å². The number of fused-ring (bicyclic) bond motifs is 1. The van der Waals surface area contributed by atoms with E-state index < -0.39 is 0 Å². The average molecular weight is 259 g/mol. The van der Waals surface area contributed by atoms with Gasteiger partial charge in [0.25, 0.3) is 0 Å². The third-order valence-electron chi connectivity index (χ3n) is 5.28. The molecule has 1 atom stereocenters. The summed E-state index contributed by atoms with van der Waals surface area (Å²) in [5, 5.41) is 4.83. The molecule has 1 amide bonds. The number of carbonyl (C=O) groups excluding carboxylic acids is 1. The molecule has 0 aromatic carbocycles. The second-order valence-electron chi connectivity index (χ2n) is 6.69. The third-order valence-corrected chi connectivity index (χ3v) is 5.28. The van der Waals surface area contributed by atoms with E-state index in [9.17, 15) is 4.79 Å². The molecule has 0 bridgehead atoms. The number of amides is 1. The van der Waals surface area contributed by atoms with E-state index in [2.05, 4.69) is 10.7 Å². The van der Waals surface area contributed by atoms with Gasteiger partial charge >= 0.3 is 0 Å². The Labute approximate surface area is 113 Å². The molecule has 3 aliphatic rings. The zero-order valence-electron chi connectivity index (χ0n) is 11.3. The first-order chi connectivity index (χ1) is 9.28. The Morgan fingerprint density at radius 2 is 2.26 bits per heavy atom. The van der Waals surface area contributed by atoms with Crippen LogP contribution in [0.15, 0.2) is 6.07 Å². The number of rotatable bonds is 2. The molecule has 1 saturated carbocycles. The fourth-order valence-corrected chi connectivity index (χ4v) is 4.28. The summed E-state index contributed by atoms with van der Waals surface area (Å²) in [6.07, 6.45) is 8.53. The highest BCUT2D eigenvalue weighted by molar-refractivity contribution is 5.49. The first kappa shape index (κ1) is 11.5. The van der Waals surface area contributed by atoms with Gasteiger partial charge in [0.05, 0.1) is 5.69 Å². The average Bonchev–Trinajstić information content (AvgIpc) is 3.00. The van der Waals surface area contributed by atoms with Crippen molar-refractivity contribution in [1.82, 2.24) is 14.7 Å². The number of hydrogen-bond donors (Lipinski definition) is 0. The van der Waals surface area contributed by atoms with Crippen molar-refractivity contribution in [3.63, 3.8) is 0 Å². The number of hydrogen-bond acceptors (Lipinski definition) is 2. The monoisotopic (exact) mass is 259 g/mol. The van der Waals surface area contributed by atoms with Crippen LogP contribution in [-0.4, -0.2) is 34.2 Å². The topological polar surface area (TPSA) is 38.1 Å². The van der Waals surface area contributed by atoms with Crippen LogP contribution < -0.4 is 0 Å². The van der Waals surface area contributed by atoms with Crippen molar-refractivity contribution in [3.8, 4) is 0 Å². The Hall–Kier alpha value is -1.32. The predicted octanol–water partition coefficient (Wildman–Crippen LogP) is 1.95. The summed E-state index contributed by atoms with van der Waals surface area (Å²) in [5.74, 6) is 0.631. The lowest BCUT2D eigenvalue weighted by atomic mass is 9.78. The molecule has 2 aliphatic heterocycles. The molecule has 19 heavy (non-hydrogen) atoms. The van der Waals surface area contributed by atoms with E-state index in [1.165, 1.54) is 49.9 Å². The first-order valence-corrected chi connectivity index (χ1v) is 7.54. The zero-order valence-corrected chi connectivity index (χ0v) is 11.3. The number of likely N-dealkylation sites (tertiary alicyclic amines) is 1. The van der Waals surface area contributed by atoms with E-state index in [1.54, 1.807) is 0 Å². The van der Waals surface area contributed by atoms with Crippen LogP contribution in [0.4, 0.5) is 0 Å². The summed E-state index contributed by atoms with van der Waals surface area (Å²) < 4.78 is 2.22. The van der Waals surface area contributed by atoms with Crippen molar-refractivity contribution in [3.05, 3.63) is 17.5 Å². The van der Waals surface area contributed by atoms with Crippen molar-refractivity contribution in [2.24, 2.45) is 5.41 Å². The summed E-state index contributed by atoms with van der Waals surface area (Å²) in [6.45, 7) is 3.05. The molecule has 1 aromatic heterocycles. The third kappa shape index (κ3) is 1.80. The van der Waals surface area contributed by atoms with Gasteiger partial charge in [0.2, 0.25) is 6.41 Å². The molecule has 1 saturated heterocycles. The standard InChI is InChI=1S/C15H21N3O/c19-11-17-9-15(10-17)5-4-12(8-15)14-7-13-3-1-2-6-18(13)16-14/h7,11-12H,1-6,8-10H2. The largest absolute Gasteiger partial charge is 0.344 e. The Morgan fingerprint density at radius 3 is 3.05 bits per heavy atom. The van der Waals surface area contributed by atoms with Crippen molar-refractivity contribution in [2.45, 2.75) is 51.0 Å². The van der Waals surface area contributed by atoms with Gasteiger partial charge in [-0.25, -0.2) is 0 Å². The molecule has 0 N–H and O–H groups in total. The molecule has 0 radical (unpaired) electrons. The van der Waals surface area contributed by atoms with Gasteiger partial charge in [-0.2, -0.15) is 5.10 Å². The SMILES string of the molecule is O=CN1CC2(CCC(c3cc4n(n3)CCCC4)C2)C1. The van der Waals surface area contributed by atoms with Crippen molar-refractivity contribution >= 4 is 6.41 Å². The van der Waals surface area contributed by atoms with E-state index in [0.29, 0.717) is 11.3 Å². The molecular formula is C15H21N3O. The lowest BCUT2D eigenvalue weighted by Crippen LogP contribution is -2.54. The molecule has 1 aliphatic carbocycles. The predicted molar refractivity (Wildman–Crippen MR) is 71.8 cm³/mol. The van der Waals surface area contributed by atoms with Crippen LogP contribution in [0.25, 0.3) is 0 Å².